The first-order valence-electron chi connectivity index (χ1n) is 5.02. The molecule has 0 aliphatic rings. The lowest BCUT2D eigenvalue weighted by Crippen LogP contribution is -2.22. The Morgan fingerprint density at radius 1 is 1.20 bits per heavy atom. The van der Waals surface area contributed by atoms with Gasteiger partial charge in [0.05, 0.1) is 13.2 Å². The molecule has 7 heteroatoms. The molecule has 92 valence electrons. The molecule has 0 aliphatic heterocycles. The van der Waals surface area contributed by atoms with E-state index in [1.54, 1.807) is 6.92 Å². The van der Waals surface area contributed by atoms with Gasteiger partial charge < -0.3 is 30.2 Å². The Morgan fingerprint density at radius 2 is 1.67 bits per heavy atom. The third kappa shape index (κ3) is 20.0. The average molecular weight is 223 g/mol. The molecule has 0 radical (unpaired) electrons. The van der Waals surface area contributed by atoms with Crippen molar-refractivity contribution in [3.63, 3.8) is 0 Å². The molecule has 0 aromatic carbocycles. The summed E-state index contributed by atoms with van der Waals surface area (Å²) in [5.41, 5.74) is 0. The van der Waals surface area contributed by atoms with Crippen LogP contribution in [-0.2, 0) is 4.65 Å². The van der Waals surface area contributed by atoms with Crippen molar-refractivity contribution >= 4 is 7.32 Å². The number of hydrogen-bond acceptors (Lipinski definition) is 6. The van der Waals surface area contributed by atoms with E-state index in [0.717, 1.165) is 6.42 Å². The summed E-state index contributed by atoms with van der Waals surface area (Å²) in [6.45, 7) is 5.10. The number of aliphatic hydroxyl groups is 2. The van der Waals surface area contributed by atoms with E-state index in [0.29, 0.717) is 13.1 Å². The standard InChI is InChI=1S/C4H11BO3.C4H11NO2/c1-3-4(2)8-5(6)7;6-3-1-5-2-4-7/h4,6-7H,3H2,1-2H3;5-7H,1-4H2. The molecule has 1 atom stereocenters. The Hall–Kier alpha value is -0.175. The fraction of sp³-hybridized carbons (Fsp3) is 1.00. The summed E-state index contributed by atoms with van der Waals surface area (Å²) in [5.74, 6) is 0. The molecule has 0 spiro atoms. The molecular formula is C8H22BNO5. The fourth-order valence-corrected chi connectivity index (χ4v) is 0.587. The summed E-state index contributed by atoms with van der Waals surface area (Å²) >= 11 is 0. The molecule has 0 bridgehead atoms. The molecule has 0 aliphatic carbocycles. The smallest absolute Gasteiger partial charge is 0.402 e. The van der Waals surface area contributed by atoms with E-state index in [1.165, 1.54) is 0 Å². The summed E-state index contributed by atoms with van der Waals surface area (Å²) in [7, 11) is -1.62. The second kappa shape index (κ2) is 13.8. The summed E-state index contributed by atoms with van der Waals surface area (Å²) < 4.78 is 4.51. The highest BCUT2D eigenvalue weighted by atomic mass is 16.6. The molecule has 0 aromatic rings. The van der Waals surface area contributed by atoms with Crippen LogP contribution in [0.4, 0.5) is 0 Å². The topological polar surface area (TPSA) is 102 Å². The Kier molecular flexibility index (Phi) is 15.9. The Morgan fingerprint density at radius 3 is 1.87 bits per heavy atom. The largest absolute Gasteiger partial charge is 0.634 e. The highest BCUT2D eigenvalue weighted by Gasteiger charge is 2.11. The summed E-state index contributed by atoms with van der Waals surface area (Å²) in [6, 6.07) is 0. The summed E-state index contributed by atoms with van der Waals surface area (Å²) in [5, 5.41) is 35.5. The molecule has 15 heavy (non-hydrogen) atoms. The lowest BCUT2D eigenvalue weighted by molar-refractivity contribution is 0.127. The minimum absolute atomic E-state index is 0.0741. The Labute approximate surface area is 91.1 Å². The zero-order valence-electron chi connectivity index (χ0n) is 9.39. The number of rotatable bonds is 7. The number of hydrogen-bond donors (Lipinski definition) is 5. The Balaban J connectivity index is 0. The van der Waals surface area contributed by atoms with Crippen molar-refractivity contribution in [3.8, 4) is 0 Å². The van der Waals surface area contributed by atoms with Crippen molar-refractivity contribution in [2.24, 2.45) is 0 Å². The van der Waals surface area contributed by atoms with Gasteiger partial charge in [0.15, 0.2) is 0 Å². The summed E-state index contributed by atoms with van der Waals surface area (Å²) in [6.07, 6.45) is 0.715. The maximum absolute atomic E-state index is 8.19. The van der Waals surface area contributed by atoms with Crippen LogP contribution in [0.1, 0.15) is 20.3 Å². The molecule has 0 rings (SSSR count). The van der Waals surface area contributed by atoms with Crippen LogP contribution in [0, 0.1) is 0 Å². The molecule has 5 N–H and O–H groups in total. The highest BCUT2D eigenvalue weighted by molar-refractivity contribution is 6.32. The third-order valence-electron chi connectivity index (χ3n) is 1.51. The number of nitrogens with one attached hydrogen (secondary N) is 1. The van der Waals surface area contributed by atoms with Gasteiger partial charge in [-0.2, -0.15) is 0 Å². The van der Waals surface area contributed by atoms with Crippen LogP contribution in [0.25, 0.3) is 0 Å². The maximum atomic E-state index is 8.19. The van der Waals surface area contributed by atoms with Gasteiger partial charge in [0.1, 0.15) is 0 Å². The lowest BCUT2D eigenvalue weighted by atomic mass is 10.2. The second-order valence-electron chi connectivity index (χ2n) is 2.88. The predicted molar refractivity (Wildman–Crippen MR) is 58.1 cm³/mol. The van der Waals surface area contributed by atoms with Crippen molar-refractivity contribution in [1.29, 1.82) is 0 Å². The molecule has 1 unspecified atom stereocenters. The number of aliphatic hydroxyl groups excluding tert-OH is 2. The maximum Gasteiger partial charge on any atom is 0.634 e. The van der Waals surface area contributed by atoms with Crippen molar-refractivity contribution in [1.82, 2.24) is 5.32 Å². The van der Waals surface area contributed by atoms with Crippen LogP contribution in [0.3, 0.4) is 0 Å². The molecular weight excluding hydrogens is 201 g/mol. The van der Waals surface area contributed by atoms with E-state index < -0.39 is 7.32 Å². The van der Waals surface area contributed by atoms with Gasteiger partial charge in [0.25, 0.3) is 0 Å². The van der Waals surface area contributed by atoms with Crippen LogP contribution < -0.4 is 5.32 Å². The normalized spacial score (nSPS) is 11.6. The first kappa shape index (κ1) is 17.2. The van der Waals surface area contributed by atoms with E-state index in [4.69, 9.17) is 20.3 Å². The van der Waals surface area contributed by atoms with Gasteiger partial charge in [0.2, 0.25) is 0 Å². The van der Waals surface area contributed by atoms with Gasteiger partial charge in [-0.05, 0) is 13.3 Å². The molecule has 6 nitrogen and oxygen atoms in total. The minimum atomic E-state index is -1.62. The van der Waals surface area contributed by atoms with Gasteiger partial charge in [-0.3, -0.25) is 0 Å². The van der Waals surface area contributed by atoms with E-state index in [2.05, 4.69) is 9.97 Å². The van der Waals surface area contributed by atoms with Crippen LogP contribution in [0.5, 0.6) is 0 Å². The zero-order chi connectivity index (χ0) is 12.1. The van der Waals surface area contributed by atoms with Crippen molar-refractivity contribution in [2.45, 2.75) is 26.4 Å². The Bertz CT molecular complexity index is 113. The van der Waals surface area contributed by atoms with Crippen molar-refractivity contribution < 1.29 is 24.9 Å². The van der Waals surface area contributed by atoms with Crippen molar-refractivity contribution in [2.75, 3.05) is 26.3 Å². The van der Waals surface area contributed by atoms with Crippen LogP contribution in [0.2, 0.25) is 0 Å². The van der Waals surface area contributed by atoms with Gasteiger partial charge in [-0.15, -0.1) is 0 Å². The molecule has 0 heterocycles. The third-order valence-corrected chi connectivity index (χ3v) is 1.51. The quantitative estimate of drug-likeness (QED) is 0.261. The molecule has 0 saturated heterocycles. The second-order valence-corrected chi connectivity index (χ2v) is 2.88. The van der Waals surface area contributed by atoms with Crippen molar-refractivity contribution in [3.05, 3.63) is 0 Å². The van der Waals surface area contributed by atoms with Gasteiger partial charge in [-0.1, -0.05) is 6.92 Å². The van der Waals surface area contributed by atoms with Crippen LogP contribution >= 0.6 is 0 Å². The van der Waals surface area contributed by atoms with E-state index in [1.807, 2.05) is 6.92 Å². The molecule has 0 fully saturated rings. The first-order chi connectivity index (χ1) is 7.08. The van der Waals surface area contributed by atoms with E-state index in [9.17, 15) is 0 Å². The van der Waals surface area contributed by atoms with Crippen LogP contribution in [-0.4, -0.2) is 60.0 Å². The van der Waals surface area contributed by atoms with Gasteiger partial charge in [0, 0.05) is 19.2 Å². The van der Waals surface area contributed by atoms with Crippen LogP contribution in [0.15, 0.2) is 0 Å². The van der Waals surface area contributed by atoms with E-state index in [-0.39, 0.29) is 19.3 Å². The molecule has 0 saturated carbocycles. The average Bonchev–Trinajstić information content (AvgIpc) is 2.18. The first-order valence-corrected chi connectivity index (χ1v) is 5.02. The molecule has 0 amide bonds. The fourth-order valence-electron chi connectivity index (χ4n) is 0.587. The van der Waals surface area contributed by atoms with Gasteiger partial charge >= 0.3 is 7.32 Å². The summed E-state index contributed by atoms with van der Waals surface area (Å²) in [4.78, 5) is 0. The SMILES string of the molecule is CCC(C)OB(O)O.OCCNCCO. The van der Waals surface area contributed by atoms with Gasteiger partial charge in [-0.25, -0.2) is 0 Å². The molecule has 0 aromatic heterocycles. The van der Waals surface area contributed by atoms with E-state index >= 15 is 0 Å². The monoisotopic (exact) mass is 223 g/mol. The zero-order valence-corrected chi connectivity index (χ0v) is 9.39. The lowest BCUT2D eigenvalue weighted by Gasteiger charge is -2.07. The predicted octanol–water partition coefficient (Wildman–Crippen LogP) is -1.67. The highest BCUT2D eigenvalue weighted by Crippen LogP contribution is 1.94. The minimum Gasteiger partial charge on any atom is -0.402 e.